The zero-order chi connectivity index (χ0) is 13.2. The highest BCUT2D eigenvalue weighted by atomic mass is 15.5. The van der Waals surface area contributed by atoms with Crippen molar-refractivity contribution in [3.8, 4) is 22.8 Å². The van der Waals surface area contributed by atoms with Gasteiger partial charge in [0.25, 0.3) is 0 Å². The van der Waals surface area contributed by atoms with Gasteiger partial charge in [-0.1, -0.05) is 0 Å². The number of rotatable bonds is 2. The summed E-state index contributed by atoms with van der Waals surface area (Å²) in [6, 6.07) is 0. The van der Waals surface area contributed by atoms with E-state index < -0.39 is 0 Å². The summed E-state index contributed by atoms with van der Waals surface area (Å²) in [5.41, 5.74) is 12.8. The summed E-state index contributed by atoms with van der Waals surface area (Å²) >= 11 is 0. The van der Waals surface area contributed by atoms with Gasteiger partial charge in [-0.2, -0.15) is 10.2 Å². The number of nitrogen functional groups attached to an aromatic ring is 2. The van der Waals surface area contributed by atoms with Gasteiger partial charge < -0.3 is 11.5 Å². The predicted octanol–water partition coefficient (Wildman–Crippen LogP) is -0.722. The lowest BCUT2D eigenvalue weighted by Crippen LogP contribution is -2.06. The van der Waals surface area contributed by atoms with Crippen LogP contribution in [-0.2, 0) is 0 Å². The molecule has 0 aliphatic carbocycles. The minimum atomic E-state index is 0.0185. The summed E-state index contributed by atoms with van der Waals surface area (Å²) in [7, 11) is 0. The summed E-state index contributed by atoms with van der Waals surface area (Å²) < 4.78 is 0. The molecule has 0 bridgehead atoms. The van der Waals surface area contributed by atoms with E-state index in [1.54, 1.807) is 6.20 Å². The lowest BCUT2D eigenvalue weighted by Gasteiger charge is -2.08. The van der Waals surface area contributed by atoms with Gasteiger partial charge in [-0.3, -0.25) is 9.97 Å². The number of H-pyrrole nitrogens is 1. The van der Waals surface area contributed by atoms with E-state index in [1.807, 2.05) is 0 Å². The van der Waals surface area contributed by atoms with Gasteiger partial charge in [-0.05, 0) is 5.21 Å². The molecule has 94 valence electrons. The largest absolute Gasteiger partial charge is 0.383 e. The average Bonchev–Trinajstić information content (AvgIpc) is 2.92. The van der Waals surface area contributed by atoms with Crippen molar-refractivity contribution >= 4 is 11.8 Å². The third-order valence-corrected chi connectivity index (χ3v) is 2.33. The fourth-order valence-corrected chi connectivity index (χ4v) is 1.60. The first-order chi connectivity index (χ1) is 9.25. The maximum Gasteiger partial charge on any atom is 0.223 e. The third kappa shape index (κ3) is 1.90. The maximum atomic E-state index is 5.88. The number of hydrogen-bond donors (Lipinski definition) is 3. The Morgan fingerprint density at radius 3 is 2.68 bits per heavy atom. The Labute approximate surface area is 106 Å². The summed E-state index contributed by atoms with van der Waals surface area (Å²) in [4.78, 5) is 16.1. The fraction of sp³-hybridized carbons (Fsp3) is 0. The summed E-state index contributed by atoms with van der Waals surface area (Å²) in [6.07, 6.45) is 4.62. The summed E-state index contributed by atoms with van der Waals surface area (Å²) in [5.74, 6) is 0.444. The number of aromatic nitrogens is 8. The van der Waals surface area contributed by atoms with Crippen molar-refractivity contribution < 1.29 is 0 Å². The van der Waals surface area contributed by atoms with Crippen LogP contribution in [0.2, 0.25) is 0 Å². The van der Waals surface area contributed by atoms with Crippen molar-refractivity contribution in [2.75, 3.05) is 11.5 Å². The first-order valence-electron chi connectivity index (χ1n) is 5.19. The molecule has 0 atom stereocenters. The zero-order valence-electron chi connectivity index (χ0n) is 9.52. The molecule has 3 aromatic heterocycles. The number of nitrogens with two attached hydrogens (primary N) is 2. The molecule has 3 aromatic rings. The molecule has 10 nitrogen and oxygen atoms in total. The molecule has 19 heavy (non-hydrogen) atoms. The molecule has 3 heterocycles. The van der Waals surface area contributed by atoms with Crippen LogP contribution in [0.5, 0.6) is 0 Å². The van der Waals surface area contributed by atoms with Crippen LogP contribution in [0.25, 0.3) is 22.8 Å². The number of aromatic amines is 1. The van der Waals surface area contributed by atoms with Crippen LogP contribution in [0.15, 0.2) is 18.6 Å². The van der Waals surface area contributed by atoms with Gasteiger partial charge in [-0.25, -0.2) is 4.98 Å². The predicted molar refractivity (Wildman–Crippen MR) is 65.1 cm³/mol. The van der Waals surface area contributed by atoms with Gasteiger partial charge >= 0.3 is 0 Å². The number of nitrogens with zero attached hydrogens (tertiary/aromatic N) is 7. The number of nitrogens with one attached hydrogen (secondary N) is 1. The lowest BCUT2D eigenvalue weighted by atomic mass is 10.1. The smallest absolute Gasteiger partial charge is 0.223 e. The van der Waals surface area contributed by atoms with Crippen LogP contribution in [0.1, 0.15) is 0 Å². The Bertz CT molecular complexity index is 693. The van der Waals surface area contributed by atoms with E-state index in [0.29, 0.717) is 17.0 Å². The van der Waals surface area contributed by atoms with Gasteiger partial charge in [0, 0.05) is 12.4 Å². The van der Waals surface area contributed by atoms with E-state index in [1.165, 1.54) is 12.4 Å². The average molecular weight is 256 g/mol. The number of tetrazole rings is 1. The Hall–Kier alpha value is -3.17. The standard InChI is InChI=1S/C9H8N10/c10-7-5(4-3-12-1-2-13-4)6(14-9(11)15-7)8-16-18-19-17-8/h1-3H,(H4,10,11,14,15)(H,16,17,18,19). The van der Waals surface area contributed by atoms with Crippen molar-refractivity contribution in [3.05, 3.63) is 18.6 Å². The maximum absolute atomic E-state index is 5.88. The summed E-state index contributed by atoms with van der Waals surface area (Å²) in [6.45, 7) is 0. The second kappa shape index (κ2) is 4.25. The molecule has 0 amide bonds. The molecule has 0 saturated heterocycles. The third-order valence-electron chi connectivity index (χ3n) is 2.33. The van der Waals surface area contributed by atoms with Gasteiger partial charge in [0.1, 0.15) is 11.5 Å². The highest BCUT2D eigenvalue weighted by Gasteiger charge is 2.19. The molecule has 0 aromatic carbocycles. The molecular formula is C9H8N10. The quantitative estimate of drug-likeness (QED) is 0.537. The van der Waals surface area contributed by atoms with Crippen LogP contribution < -0.4 is 11.5 Å². The summed E-state index contributed by atoms with van der Waals surface area (Å²) in [5, 5.41) is 13.5. The highest BCUT2D eigenvalue weighted by Crippen LogP contribution is 2.30. The van der Waals surface area contributed by atoms with E-state index in [2.05, 4.69) is 40.6 Å². The molecule has 10 heteroatoms. The van der Waals surface area contributed by atoms with Crippen LogP contribution in [0, 0.1) is 0 Å². The molecule has 0 aliphatic heterocycles. The number of hydrogen-bond acceptors (Lipinski definition) is 9. The molecule has 0 aliphatic rings. The van der Waals surface area contributed by atoms with E-state index in [0.717, 1.165) is 0 Å². The van der Waals surface area contributed by atoms with Crippen molar-refractivity contribution in [3.63, 3.8) is 0 Å². The van der Waals surface area contributed by atoms with Crippen LogP contribution in [0.3, 0.4) is 0 Å². The van der Waals surface area contributed by atoms with E-state index in [-0.39, 0.29) is 17.6 Å². The lowest BCUT2D eigenvalue weighted by molar-refractivity contribution is 0.881. The first kappa shape index (κ1) is 11.0. The number of anilines is 2. The molecule has 0 radical (unpaired) electrons. The molecule has 0 unspecified atom stereocenters. The Morgan fingerprint density at radius 2 is 2.00 bits per heavy atom. The van der Waals surface area contributed by atoms with Crippen LogP contribution in [0.4, 0.5) is 11.8 Å². The van der Waals surface area contributed by atoms with E-state index in [4.69, 9.17) is 11.5 Å². The van der Waals surface area contributed by atoms with Crippen molar-refractivity contribution in [2.24, 2.45) is 0 Å². The molecular weight excluding hydrogens is 248 g/mol. The monoisotopic (exact) mass is 256 g/mol. The zero-order valence-corrected chi connectivity index (χ0v) is 9.52. The van der Waals surface area contributed by atoms with Gasteiger partial charge in [0.15, 0.2) is 0 Å². The SMILES string of the molecule is Nc1nc(N)c(-c2cnccn2)c(-c2nn[nH]n2)n1. The highest BCUT2D eigenvalue weighted by molar-refractivity contribution is 5.83. The van der Waals surface area contributed by atoms with Crippen LogP contribution in [-0.4, -0.2) is 40.6 Å². The normalized spacial score (nSPS) is 10.5. The molecule has 0 saturated carbocycles. The van der Waals surface area contributed by atoms with Crippen LogP contribution >= 0.6 is 0 Å². The van der Waals surface area contributed by atoms with Crippen molar-refractivity contribution in [1.29, 1.82) is 0 Å². The van der Waals surface area contributed by atoms with Gasteiger partial charge in [-0.15, -0.1) is 10.2 Å². The second-order valence-corrected chi connectivity index (χ2v) is 3.52. The van der Waals surface area contributed by atoms with E-state index in [9.17, 15) is 0 Å². The molecule has 0 fully saturated rings. The fourth-order valence-electron chi connectivity index (χ4n) is 1.60. The minimum absolute atomic E-state index is 0.0185. The van der Waals surface area contributed by atoms with E-state index >= 15 is 0 Å². The Morgan fingerprint density at radius 1 is 1.11 bits per heavy atom. The molecule has 3 rings (SSSR count). The first-order valence-corrected chi connectivity index (χ1v) is 5.19. The second-order valence-electron chi connectivity index (χ2n) is 3.52. The Kier molecular flexibility index (Phi) is 2.45. The van der Waals surface area contributed by atoms with Crippen molar-refractivity contribution in [1.82, 2.24) is 40.6 Å². The van der Waals surface area contributed by atoms with Crippen molar-refractivity contribution in [2.45, 2.75) is 0 Å². The minimum Gasteiger partial charge on any atom is -0.383 e. The Balaban J connectivity index is 2.29. The van der Waals surface area contributed by atoms with Gasteiger partial charge in [0.05, 0.1) is 17.5 Å². The molecule has 5 N–H and O–H groups in total. The molecule has 0 spiro atoms. The topological polar surface area (TPSA) is 158 Å². The van der Waals surface area contributed by atoms with Gasteiger partial charge in [0.2, 0.25) is 11.8 Å².